The van der Waals surface area contributed by atoms with Crippen LogP contribution in [0.3, 0.4) is 0 Å². The first-order valence-corrected chi connectivity index (χ1v) is 5.37. The van der Waals surface area contributed by atoms with Crippen molar-refractivity contribution < 1.29 is 9.72 Å². The first-order chi connectivity index (χ1) is 9.02. The Morgan fingerprint density at radius 1 is 1.53 bits per heavy atom. The van der Waals surface area contributed by atoms with Crippen LogP contribution in [0.25, 0.3) is 10.9 Å². The summed E-state index contributed by atoms with van der Waals surface area (Å²) in [6.45, 7) is -0.180. The van der Waals surface area contributed by atoms with Gasteiger partial charge in [-0.25, -0.2) is 4.98 Å². The van der Waals surface area contributed by atoms with E-state index in [1.807, 2.05) is 0 Å². The highest BCUT2D eigenvalue weighted by molar-refractivity contribution is 5.80. The summed E-state index contributed by atoms with van der Waals surface area (Å²) in [5.41, 5.74) is -0.329. The fraction of sp³-hybridized carbons (Fsp3) is 0.182. The van der Waals surface area contributed by atoms with Gasteiger partial charge in [0.1, 0.15) is 6.54 Å². The number of nitro benzene ring substituents is 1. The van der Waals surface area contributed by atoms with Crippen LogP contribution in [-0.4, -0.2) is 27.4 Å². The first kappa shape index (κ1) is 12.7. The molecule has 0 bridgehead atoms. The third-order valence-corrected chi connectivity index (χ3v) is 2.61. The number of hydrogen-bond acceptors (Lipinski definition) is 5. The zero-order valence-electron chi connectivity index (χ0n) is 9.99. The molecule has 0 aliphatic carbocycles. The number of non-ortho nitro benzene ring substituents is 1. The van der Waals surface area contributed by atoms with Crippen molar-refractivity contribution in [2.75, 3.05) is 7.05 Å². The Labute approximate surface area is 106 Å². The van der Waals surface area contributed by atoms with Gasteiger partial charge in [-0.05, 0) is 6.07 Å². The zero-order valence-corrected chi connectivity index (χ0v) is 9.99. The summed E-state index contributed by atoms with van der Waals surface area (Å²) >= 11 is 0. The molecule has 0 radical (unpaired) electrons. The SMILES string of the molecule is CNC(=O)Cn1cnc2ccc([N+](=O)[O-])cc2c1=O. The van der Waals surface area contributed by atoms with E-state index in [4.69, 9.17) is 0 Å². The molecule has 8 heteroatoms. The van der Waals surface area contributed by atoms with Crippen LogP contribution in [-0.2, 0) is 11.3 Å². The van der Waals surface area contributed by atoms with E-state index in [9.17, 15) is 19.7 Å². The largest absolute Gasteiger partial charge is 0.358 e. The van der Waals surface area contributed by atoms with Crippen molar-refractivity contribution in [2.24, 2.45) is 0 Å². The van der Waals surface area contributed by atoms with Crippen LogP contribution in [0.5, 0.6) is 0 Å². The average Bonchev–Trinajstić information content (AvgIpc) is 2.41. The monoisotopic (exact) mass is 262 g/mol. The molecule has 1 N–H and O–H groups in total. The molecular formula is C11H10N4O4. The van der Waals surface area contributed by atoms with E-state index in [0.717, 1.165) is 10.6 Å². The number of carbonyl (C=O) groups excluding carboxylic acids is 1. The minimum atomic E-state index is -0.588. The molecule has 1 aromatic heterocycles. The molecule has 2 aromatic rings. The van der Waals surface area contributed by atoms with E-state index in [1.54, 1.807) is 0 Å². The highest BCUT2D eigenvalue weighted by Gasteiger charge is 2.11. The summed E-state index contributed by atoms with van der Waals surface area (Å²) in [6, 6.07) is 3.84. The highest BCUT2D eigenvalue weighted by Crippen LogP contribution is 2.15. The average molecular weight is 262 g/mol. The van der Waals surface area contributed by atoms with Gasteiger partial charge in [-0.1, -0.05) is 0 Å². The maximum Gasteiger partial charge on any atom is 0.270 e. The normalized spacial score (nSPS) is 10.4. The maximum atomic E-state index is 12.1. The third kappa shape index (κ3) is 2.41. The van der Waals surface area contributed by atoms with E-state index < -0.39 is 10.5 Å². The molecule has 0 spiro atoms. The molecule has 19 heavy (non-hydrogen) atoms. The second-order valence-corrected chi connectivity index (χ2v) is 3.81. The van der Waals surface area contributed by atoms with Crippen LogP contribution in [0.2, 0.25) is 0 Å². The lowest BCUT2D eigenvalue weighted by molar-refractivity contribution is -0.384. The van der Waals surface area contributed by atoms with Gasteiger partial charge in [-0.15, -0.1) is 0 Å². The molecule has 0 fully saturated rings. The van der Waals surface area contributed by atoms with Crippen molar-refractivity contribution in [3.05, 3.63) is 45.0 Å². The molecule has 0 saturated heterocycles. The number of nitrogens with one attached hydrogen (secondary N) is 1. The van der Waals surface area contributed by atoms with Crippen LogP contribution in [0.15, 0.2) is 29.3 Å². The Balaban J connectivity index is 2.59. The molecule has 0 aliphatic heterocycles. The molecular weight excluding hydrogens is 252 g/mol. The van der Waals surface area contributed by atoms with Crippen LogP contribution in [0.4, 0.5) is 5.69 Å². The van der Waals surface area contributed by atoms with Crippen LogP contribution >= 0.6 is 0 Å². The molecule has 0 unspecified atom stereocenters. The van der Waals surface area contributed by atoms with Crippen LogP contribution in [0, 0.1) is 10.1 Å². The lowest BCUT2D eigenvalue weighted by atomic mass is 10.2. The van der Waals surface area contributed by atoms with Gasteiger partial charge in [0.15, 0.2) is 0 Å². The Morgan fingerprint density at radius 3 is 2.89 bits per heavy atom. The number of nitro groups is 1. The van der Waals surface area contributed by atoms with Crippen molar-refractivity contribution in [3.8, 4) is 0 Å². The molecule has 8 nitrogen and oxygen atoms in total. The second-order valence-electron chi connectivity index (χ2n) is 3.81. The number of nitrogens with zero attached hydrogens (tertiary/aromatic N) is 3. The Morgan fingerprint density at radius 2 is 2.26 bits per heavy atom. The molecule has 0 aliphatic rings. The molecule has 2 rings (SSSR count). The molecule has 98 valence electrons. The van der Waals surface area contributed by atoms with Gasteiger partial charge >= 0.3 is 0 Å². The van der Waals surface area contributed by atoms with Gasteiger partial charge in [0.2, 0.25) is 5.91 Å². The lowest BCUT2D eigenvalue weighted by Gasteiger charge is -2.05. The van der Waals surface area contributed by atoms with E-state index in [2.05, 4.69) is 10.3 Å². The number of rotatable bonds is 3. The summed E-state index contributed by atoms with van der Waals surface area (Å²) in [4.78, 5) is 37.4. The van der Waals surface area contributed by atoms with Crippen molar-refractivity contribution in [2.45, 2.75) is 6.54 Å². The van der Waals surface area contributed by atoms with Crippen molar-refractivity contribution in [1.82, 2.24) is 14.9 Å². The van der Waals surface area contributed by atoms with Crippen molar-refractivity contribution in [1.29, 1.82) is 0 Å². The smallest absolute Gasteiger partial charge is 0.270 e. The molecule has 1 amide bonds. The summed E-state index contributed by atoms with van der Waals surface area (Å²) in [5, 5.41) is 13.2. The topological polar surface area (TPSA) is 107 Å². The fourth-order valence-corrected chi connectivity index (χ4v) is 1.61. The van der Waals surface area contributed by atoms with Gasteiger partial charge in [-0.2, -0.15) is 0 Å². The van der Waals surface area contributed by atoms with Gasteiger partial charge in [0.25, 0.3) is 11.2 Å². The van der Waals surface area contributed by atoms with E-state index in [1.165, 1.54) is 25.5 Å². The van der Waals surface area contributed by atoms with Gasteiger partial charge < -0.3 is 5.32 Å². The molecule has 1 aromatic carbocycles. The van der Waals surface area contributed by atoms with Gasteiger partial charge in [0.05, 0.1) is 22.2 Å². The second kappa shape index (κ2) is 4.84. The molecule has 0 atom stereocenters. The Bertz CT molecular complexity index is 722. The van der Waals surface area contributed by atoms with Crippen molar-refractivity contribution in [3.63, 3.8) is 0 Å². The minimum Gasteiger partial charge on any atom is -0.358 e. The third-order valence-electron chi connectivity index (χ3n) is 2.61. The zero-order chi connectivity index (χ0) is 14.0. The summed E-state index contributed by atoms with van der Waals surface area (Å²) in [7, 11) is 1.45. The number of benzene rings is 1. The standard InChI is InChI=1S/C11H10N4O4/c1-12-10(16)5-14-6-13-9-3-2-7(15(18)19)4-8(9)11(14)17/h2-4,6H,5H2,1H3,(H,12,16). The van der Waals surface area contributed by atoms with Gasteiger partial charge in [-0.3, -0.25) is 24.3 Å². The quantitative estimate of drug-likeness (QED) is 0.621. The molecule has 1 heterocycles. The Kier molecular flexibility index (Phi) is 3.23. The van der Waals surface area contributed by atoms with Crippen LogP contribution < -0.4 is 10.9 Å². The number of amides is 1. The number of fused-ring (bicyclic) bond motifs is 1. The van der Waals surface area contributed by atoms with E-state index in [-0.39, 0.29) is 23.5 Å². The predicted octanol–water partition coefficient (Wildman–Crippen LogP) is 0.0507. The number of aromatic nitrogens is 2. The summed E-state index contributed by atoms with van der Waals surface area (Å²) in [5.74, 6) is -0.353. The first-order valence-electron chi connectivity index (χ1n) is 5.37. The van der Waals surface area contributed by atoms with Gasteiger partial charge in [0, 0.05) is 19.2 Å². The maximum absolute atomic E-state index is 12.1. The number of likely N-dealkylation sites (N-methyl/N-ethyl adjacent to an activating group) is 1. The molecule has 0 saturated carbocycles. The fourth-order valence-electron chi connectivity index (χ4n) is 1.61. The van der Waals surface area contributed by atoms with Crippen LogP contribution in [0.1, 0.15) is 0 Å². The summed E-state index contributed by atoms with van der Waals surface area (Å²) in [6.07, 6.45) is 1.24. The highest BCUT2D eigenvalue weighted by atomic mass is 16.6. The Hall–Kier alpha value is -2.77. The minimum absolute atomic E-state index is 0.112. The van der Waals surface area contributed by atoms with E-state index >= 15 is 0 Å². The number of carbonyl (C=O) groups is 1. The van der Waals surface area contributed by atoms with Crippen molar-refractivity contribution >= 4 is 22.5 Å². The number of hydrogen-bond donors (Lipinski definition) is 1. The predicted molar refractivity (Wildman–Crippen MR) is 66.7 cm³/mol. The lowest BCUT2D eigenvalue weighted by Crippen LogP contribution is -2.30. The van der Waals surface area contributed by atoms with E-state index in [0.29, 0.717) is 5.52 Å². The summed E-state index contributed by atoms with van der Waals surface area (Å²) < 4.78 is 1.10.